The third-order valence-electron chi connectivity index (χ3n) is 5.92. The van der Waals surface area contributed by atoms with Crippen LogP contribution in [0.5, 0.6) is 0 Å². The molecule has 2 aromatic rings. The molecule has 0 radical (unpaired) electrons. The van der Waals surface area contributed by atoms with Crippen molar-refractivity contribution in [1.29, 1.82) is 0 Å². The van der Waals surface area contributed by atoms with Gasteiger partial charge in [-0.2, -0.15) is 4.98 Å². The Bertz CT molecular complexity index is 908. The first-order valence-corrected chi connectivity index (χ1v) is 9.84. The minimum absolute atomic E-state index is 0.00835. The lowest BCUT2D eigenvalue weighted by atomic mass is 9.81. The molecule has 2 saturated carbocycles. The Hall–Kier alpha value is -2.77. The molecular weight excluding hydrogens is 363 g/mol. The summed E-state index contributed by atoms with van der Waals surface area (Å²) in [5.74, 6) is 0.203. The fourth-order valence-corrected chi connectivity index (χ4v) is 4.36. The van der Waals surface area contributed by atoms with Gasteiger partial charge in [0, 0.05) is 17.6 Å². The smallest absolute Gasteiger partial charge is 0.327 e. The summed E-state index contributed by atoms with van der Waals surface area (Å²) in [5, 5.41) is 3.97. The van der Waals surface area contributed by atoms with Crippen molar-refractivity contribution in [2.24, 2.45) is 5.92 Å². The van der Waals surface area contributed by atoms with Crippen LogP contribution >= 0.6 is 0 Å². The lowest BCUT2D eigenvalue weighted by Gasteiger charge is -2.46. The molecule has 0 N–H and O–H groups in total. The minimum atomic E-state index is -0.334. The first kappa shape index (κ1) is 17.3. The van der Waals surface area contributed by atoms with Gasteiger partial charge in [-0.25, -0.2) is 9.18 Å². The minimum Gasteiger partial charge on any atom is -0.337 e. The molecule has 1 aromatic heterocycles. The van der Waals surface area contributed by atoms with Crippen molar-refractivity contribution in [3.8, 4) is 11.4 Å². The van der Waals surface area contributed by atoms with E-state index >= 15 is 0 Å². The normalized spacial score (nSPS) is 25.2. The highest BCUT2D eigenvalue weighted by molar-refractivity contribution is 5.99. The van der Waals surface area contributed by atoms with E-state index in [-0.39, 0.29) is 42.3 Å². The van der Waals surface area contributed by atoms with Gasteiger partial charge >= 0.3 is 6.03 Å². The fraction of sp³-hybridized carbons (Fsp3) is 0.500. The zero-order valence-corrected chi connectivity index (χ0v) is 15.4. The Balaban J connectivity index is 1.40. The van der Waals surface area contributed by atoms with Crippen LogP contribution in [0, 0.1) is 11.7 Å². The van der Waals surface area contributed by atoms with Gasteiger partial charge in [-0.15, -0.1) is 0 Å². The standard InChI is InChI=1S/C20H21FN4O3/c21-13-7-5-12(6-8-13)18-22-17(28-23-18)11-24-16-4-2-1-3-15(16)19(26)25(20(24)27)14-9-10-14/h5-8,14-16H,1-4,9-11H2. The second-order valence-electron chi connectivity index (χ2n) is 7.83. The second kappa shape index (κ2) is 6.68. The molecule has 3 amide bonds. The van der Waals surface area contributed by atoms with E-state index < -0.39 is 0 Å². The molecule has 28 heavy (non-hydrogen) atoms. The number of imide groups is 1. The van der Waals surface area contributed by atoms with Gasteiger partial charge in [0.2, 0.25) is 17.6 Å². The Morgan fingerprint density at radius 2 is 1.82 bits per heavy atom. The third kappa shape index (κ3) is 2.96. The van der Waals surface area contributed by atoms with E-state index in [2.05, 4.69) is 10.1 Å². The molecule has 8 heteroatoms. The van der Waals surface area contributed by atoms with E-state index in [1.807, 2.05) is 0 Å². The highest BCUT2D eigenvalue weighted by Gasteiger charge is 2.51. The van der Waals surface area contributed by atoms with Crippen LogP contribution in [0.25, 0.3) is 11.4 Å². The van der Waals surface area contributed by atoms with E-state index in [4.69, 9.17) is 4.52 Å². The summed E-state index contributed by atoms with van der Waals surface area (Å²) in [5.41, 5.74) is 0.645. The number of rotatable bonds is 4. The second-order valence-corrected chi connectivity index (χ2v) is 7.83. The van der Waals surface area contributed by atoms with Crippen LogP contribution in [0.3, 0.4) is 0 Å². The molecule has 5 rings (SSSR count). The predicted molar refractivity (Wildman–Crippen MR) is 96.2 cm³/mol. The van der Waals surface area contributed by atoms with Crippen molar-refractivity contribution in [1.82, 2.24) is 19.9 Å². The van der Waals surface area contributed by atoms with E-state index in [0.29, 0.717) is 17.3 Å². The number of fused-ring (bicyclic) bond motifs is 1. The zero-order chi connectivity index (χ0) is 19.3. The molecule has 2 heterocycles. The number of aromatic nitrogens is 2. The number of urea groups is 1. The average molecular weight is 384 g/mol. The molecule has 0 spiro atoms. The summed E-state index contributed by atoms with van der Waals surface area (Å²) >= 11 is 0. The molecule has 7 nitrogen and oxygen atoms in total. The van der Waals surface area contributed by atoms with Gasteiger partial charge in [0.25, 0.3) is 0 Å². The highest BCUT2D eigenvalue weighted by Crippen LogP contribution is 2.39. The first-order chi connectivity index (χ1) is 13.6. The molecule has 3 fully saturated rings. The lowest BCUT2D eigenvalue weighted by Crippen LogP contribution is -2.62. The van der Waals surface area contributed by atoms with Crippen molar-refractivity contribution >= 4 is 11.9 Å². The number of carbonyl (C=O) groups is 2. The van der Waals surface area contributed by atoms with Crippen LogP contribution < -0.4 is 0 Å². The van der Waals surface area contributed by atoms with Crippen LogP contribution in [0.15, 0.2) is 28.8 Å². The van der Waals surface area contributed by atoms with Crippen molar-refractivity contribution < 1.29 is 18.5 Å². The highest BCUT2D eigenvalue weighted by atomic mass is 19.1. The largest absolute Gasteiger partial charge is 0.337 e. The number of hydrogen-bond acceptors (Lipinski definition) is 5. The van der Waals surface area contributed by atoms with Crippen LogP contribution in [0.4, 0.5) is 9.18 Å². The summed E-state index contributed by atoms with van der Waals surface area (Å²) in [6.45, 7) is 0.185. The fourth-order valence-electron chi connectivity index (χ4n) is 4.36. The van der Waals surface area contributed by atoms with E-state index in [9.17, 15) is 14.0 Å². The topological polar surface area (TPSA) is 79.5 Å². The summed E-state index contributed by atoms with van der Waals surface area (Å²) < 4.78 is 18.5. The Morgan fingerprint density at radius 3 is 2.57 bits per heavy atom. The zero-order valence-electron chi connectivity index (χ0n) is 15.4. The van der Waals surface area contributed by atoms with Crippen molar-refractivity contribution in [2.75, 3.05) is 0 Å². The number of benzene rings is 1. The van der Waals surface area contributed by atoms with Gasteiger partial charge in [0.05, 0.1) is 5.92 Å². The molecular formula is C20H21FN4O3. The van der Waals surface area contributed by atoms with Crippen LogP contribution in [0.2, 0.25) is 0 Å². The molecule has 146 valence electrons. The Morgan fingerprint density at radius 1 is 1.07 bits per heavy atom. The SMILES string of the molecule is O=C1C2CCCCC2N(Cc2nc(-c3ccc(F)cc3)no2)C(=O)N1C1CC1. The van der Waals surface area contributed by atoms with Crippen molar-refractivity contribution in [3.05, 3.63) is 36.0 Å². The van der Waals surface area contributed by atoms with Crippen molar-refractivity contribution in [3.63, 3.8) is 0 Å². The maximum Gasteiger partial charge on any atom is 0.327 e. The Kier molecular flexibility index (Phi) is 4.14. The molecule has 2 unspecified atom stereocenters. The third-order valence-corrected chi connectivity index (χ3v) is 5.92. The first-order valence-electron chi connectivity index (χ1n) is 9.84. The number of halogens is 1. The molecule has 2 aliphatic carbocycles. The number of nitrogens with zero attached hydrogens (tertiary/aromatic N) is 4. The van der Waals surface area contributed by atoms with Crippen molar-refractivity contribution in [2.45, 2.75) is 57.2 Å². The molecule has 3 aliphatic rings. The molecule has 2 atom stereocenters. The van der Waals surface area contributed by atoms with E-state index in [1.54, 1.807) is 17.0 Å². The predicted octanol–water partition coefficient (Wildman–Crippen LogP) is 3.36. The molecule has 1 aliphatic heterocycles. The van der Waals surface area contributed by atoms with Gasteiger partial charge in [0.1, 0.15) is 12.4 Å². The molecule has 1 saturated heterocycles. The number of carbonyl (C=O) groups excluding carboxylic acids is 2. The maximum absolute atomic E-state index is 13.1. The van der Waals surface area contributed by atoms with Gasteiger partial charge < -0.3 is 9.42 Å². The van der Waals surface area contributed by atoms with Gasteiger partial charge in [-0.05, 0) is 49.9 Å². The summed E-state index contributed by atoms with van der Waals surface area (Å²) in [7, 11) is 0. The quantitative estimate of drug-likeness (QED) is 0.808. The number of amides is 3. The van der Waals surface area contributed by atoms with E-state index in [0.717, 1.165) is 38.5 Å². The average Bonchev–Trinajstić information content (AvgIpc) is 3.43. The lowest BCUT2D eigenvalue weighted by molar-refractivity contribution is -0.141. The molecule has 0 bridgehead atoms. The van der Waals surface area contributed by atoms with Gasteiger partial charge in [0.15, 0.2) is 0 Å². The number of hydrogen-bond donors (Lipinski definition) is 0. The van der Waals surface area contributed by atoms with Crippen LogP contribution in [-0.4, -0.2) is 44.0 Å². The maximum atomic E-state index is 13.1. The van der Waals surface area contributed by atoms with Crippen LogP contribution in [-0.2, 0) is 11.3 Å². The summed E-state index contributed by atoms with van der Waals surface area (Å²) in [4.78, 5) is 33.5. The Labute approximate surface area is 161 Å². The van der Waals surface area contributed by atoms with Crippen LogP contribution in [0.1, 0.15) is 44.4 Å². The van der Waals surface area contributed by atoms with Gasteiger partial charge in [-0.1, -0.05) is 18.0 Å². The molecule has 1 aromatic carbocycles. The van der Waals surface area contributed by atoms with E-state index in [1.165, 1.54) is 17.0 Å². The summed E-state index contributed by atoms with van der Waals surface area (Å²) in [6, 6.07) is 5.54. The monoisotopic (exact) mass is 384 g/mol. The van der Waals surface area contributed by atoms with Gasteiger partial charge in [-0.3, -0.25) is 9.69 Å². The summed E-state index contributed by atoms with van der Waals surface area (Å²) in [6.07, 6.45) is 5.44.